The van der Waals surface area contributed by atoms with Gasteiger partial charge in [-0.2, -0.15) is 0 Å². The molecular formula is C17H23FN2O2. The molecule has 1 aromatic rings. The van der Waals surface area contributed by atoms with E-state index in [0.717, 1.165) is 37.2 Å². The second kappa shape index (κ2) is 5.23. The van der Waals surface area contributed by atoms with Crippen molar-refractivity contribution < 1.29 is 13.9 Å². The summed E-state index contributed by atoms with van der Waals surface area (Å²) in [5.41, 5.74) is 1.04. The maximum Gasteiger partial charge on any atom is 0.414 e. The number of anilines is 1. The number of hydrogen-bond donors (Lipinski definition) is 1. The fraction of sp³-hybridized carbons (Fsp3) is 0.588. The lowest BCUT2D eigenvalue weighted by molar-refractivity contribution is 0.0575. The molecule has 5 heteroatoms. The number of hydrogen-bond acceptors (Lipinski definition) is 3. The Bertz CT molecular complexity index is 589. The highest BCUT2D eigenvalue weighted by molar-refractivity contribution is 5.91. The SMILES string of the molecule is CC(C)(C)OC(=O)N1CC2(CCNCC2)c2cc(F)ccc21. The summed E-state index contributed by atoms with van der Waals surface area (Å²) in [5.74, 6) is -0.248. The van der Waals surface area contributed by atoms with Crippen LogP contribution in [0.5, 0.6) is 0 Å². The van der Waals surface area contributed by atoms with E-state index >= 15 is 0 Å². The Labute approximate surface area is 130 Å². The summed E-state index contributed by atoms with van der Waals surface area (Å²) in [6.45, 7) is 7.91. The standard InChI is InChI=1S/C17H23FN2O2/c1-16(2,3)22-15(21)20-11-17(6-8-19-9-7-17)13-10-12(18)4-5-14(13)20/h4-5,10,19H,6-9,11H2,1-3H3. The number of rotatable bonds is 0. The van der Waals surface area contributed by atoms with Crippen molar-refractivity contribution in [2.75, 3.05) is 24.5 Å². The van der Waals surface area contributed by atoms with Crippen LogP contribution in [0.25, 0.3) is 0 Å². The van der Waals surface area contributed by atoms with Crippen LogP contribution in [-0.4, -0.2) is 31.3 Å². The van der Waals surface area contributed by atoms with Crippen molar-refractivity contribution in [3.8, 4) is 0 Å². The molecule has 0 unspecified atom stereocenters. The first-order valence-corrected chi connectivity index (χ1v) is 7.82. The normalized spacial score (nSPS) is 20.1. The van der Waals surface area contributed by atoms with Gasteiger partial charge in [0.25, 0.3) is 0 Å². The Morgan fingerprint density at radius 2 is 2.00 bits per heavy atom. The molecule has 2 heterocycles. The zero-order chi connectivity index (χ0) is 16.0. The van der Waals surface area contributed by atoms with Gasteiger partial charge in [0.15, 0.2) is 0 Å². The molecule has 1 aromatic carbocycles. The van der Waals surface area contributed by atoms with E-state index in [2.05, 4.69) is 5.32 Å². The predicted octanol–water partition coefficient (Wildman–Crippen LogP) is 3.20. The number of halogens is 1. The molecule has 1 fully saturated rings. The Kier molecular flexibility index (Phi) is 3.63. The molecule has 0 radical (unpaired) electrons. The number of nitrogens with one attached hydrogen (secondary N) is 1. The maximum absolute atomic E-state index is 13.7. The summed E-state index contributed by atoms with van der Waals surface area (Å²) in [5, 5.41) is 3.34. The number of carbonyl (C=O) groups is 1. The van der Waals surface area contributed by atoms with E-state index < -0.39 is 5.60 Å². The predicted molar refractivity (Wildman–Crippen MR) is 83.8 cm³/mol. The maximum atomic E-state index is 13.7. The van der Waals surface area contributed by atoms with Crippen molar-refractivity contribution in [2.45, 2.75) is 44.6 Å². The molecule has 1 spiro atoms. The topological polar surface area (TPSA) is 41.6 Å². The van der Waals surface area contributed by atoms with Crippen molar-refractivity contribution >= 4 is 11.8 Å². The Balaban J connectivity index is 1.97. The van der Waals surface area contributed by atoms with E-state index in [0.29, 0.717) is 6.54 Å². The first kappa shape index (κ1) is 15.3. The Morgan fingerprint density at radius 1 is 1.32 bits per heavy atom. The first-order valence-electron chi connectivity index (χ1n) is 7.82. The fourth-order valence-electron chi connectivity index (χ4n) is 3.45. The summed E-state index contributed by atoms with van der Waals surface area (Å²) in [4.78, 5) is 14.2. The van der Waals surface area contributed by atoms with Crippen LogP contribution in [0.4, 0.5) is 14.9 Å². The highest BCUT2D eigenvalue weighted by atomic mass is 19.1. The second-order valence-electron chi connectivity index (χ2n) is 7.26. The van der Waals surface area contributed by atoms with E-state index in [1.165, 1.54) is 6.07 Å². The van der Waals surface area contributed by atoms with Crippen molar-refractivity contribution in [2.24, 2.45) is 0 Å². The van der Waals surface area contributed by atoms with Gasteiger partial charge in [-0.1, -0.05) is 0 Å². The molecule has 2 aliphatic rings. The van der Waals surface area contributed by atoms with Crippen LogP contribution in [0.15, 0.2) is 18.2 Å². The van der Waals surface area contributed by atoms with E-state index in [4.69, 9.17) is 4.74 Å². The third kappa shape index (κ3) is 2.70. The van der Waals surface area contributed by atoms with E-state index in [9.17, 15) is 9.18 Å². The Morgan fingerprint density at radius 3 is 2.64 bits per heavy atom. The minimum atomic E-state index is -0.541. The molecular weight excluding hydrogens is 283 g/mol. The molecule has 1 saturated heterocycles. The lowest BCUT2D eigenvalue weighted by Gasteiger charge is -2.34. The molecule has 0 atom stereocenters. The van der Waals surface area contributed by atoms with Gasteiger partial charge in [0.05, 0.1) is 5.69 Å². The zero-order valence-electron chi connectivity index (χ0n) is 13.4. The summed E-state index contributed by atoms with van der Waals surface area (Å²) in [6, 6.07) is 4.70. The first-order chi connectivity index (χ1) is 10.3. The average Bonchev–Trinajstić information content (AvgIpc) is 2.72. The molecule has 22 heavy (non-hydrogen) atoms. The number of benzene rings is 1. The van der Waals surface area contributed by atoms with Crippen LogP contribution in [-0.2, 0) is 10.2 Å². The summed E-state index contributed by atoms with van der Waals surface area (Å²) < 4.78 is 19.3. The number of carbonyl (C=O) groups excluding carboxylic acids is 1. The van der Waals surface area contributed by atoms with Gasteiger partial charge in [-0.15, -0.1) is 0 Å². The van der Waals surface area contributed by atoms with Gasteiger partial charge in [0.2, 0.25) is 0 Å². The summed E-state index contributed by atoms with van der Waals surface area (Å²) in [6.07, 6.45) is 1.46. The summed E-state index contributed by atoms with van der Waals surface area (Å²) >= 11 is 0. The molecule has 1 N–H and O–H groups in total. The molecule has 2 aliphatic heterocycles. The molecule has 0 aliphatic carbocycles. The minimum absolute atomic E-state index is 0.153. The highest BCUT2D eigenvalue weighted by Crippen LogP contribution is 2.46. The molecule has 0 bridgehead atoms. The number of fused-ring (bicyclic) bond motifs is 2. The van der Waals surface area contributed by atoms with Crippen molar-refractivity contribution in [3.05, 3.63) is 29.6 Å². The van der Waals surface area contributed by atoms with Crippen LogP contribution >= 0.6 is 0 Å². The van der Waals surface area contributed by atoms with E-state index in [1.807, 2.05) is 20.8 Å². The zero-order valence-corrected chi connectivity index (χ0v) is 13.4. The van der Waals surface area contributed by atoms with Crippen LogP contribution < -0.4 is 10.2 Å². The third-order valence-corrected chi connectivity index (χ3v) is 4.46. The van der Waals surface area contributed by atoms with Gasteiger partial charge in [-0.25, -0.2) is 9.18 Å². The lowest BCUT2D eigenvalue weighted by Crippen LogP contribution is -2.45. The van der Waals surface area contributed by atoms with Crippen LogP contribution in [0.1, 0.15) is 39.2 Å². The minimum Gasteiger partial charge on any atom is -0.443 e. The van der Waals surface area contributed by atoms with Gasteiger partial charge in [0, 0.05) is 12.0 Å². The van der Waals surface area contributed by atoms with Gasteiger partial charge in [0.1, 0.15) is 11.4 Å². The fourth-order valence-corrected chi connectivity index (χ4v) is 3.45. The van der Waals surface area contributed by atoms with E-state index in [-0.39, 0.29) is 17.3 Å². The smallest absolute Gasteiger partial charge is 0.414 e. The van der Waals surface area contributed by atoms with Crippen molar-refractivity contribution in [1.29, 1.82) is 0 Å². The van der Waals surface area contributed by atoms with Crippen molar-refractivity contribution in [1.82, 2.24) is 5.32 Å². The lowest BCUT2D eigenvalue weighted by atomic mass is 9.75. The molecule has 120 valence electrons. The van der Waals surface area contributed by atoms with Gasteiger partial charge in [-0.05, 0) is 70.5 Å². The average molecular weight is 306 g/mol. The third-order valence-electron chi connectivity index (χ3n) is 4.46. The molecule has 1 amide bonds. The van der Waals surface area contributed by atoms with Gasteiger partial charge in [-0.3, -0.25) is 4.90 Å². The van der Waals surface area contributed by atoms with Crippen LogP contribution in [0, 0.1) is 5.82 Å². The van der Waals surface area contributed by atoms with Crippen LogP contribution in [0.2, 0.25) is 0 Å². The number of amides is 1. The monoisotopic (exact) mass is 306 g/mol. The van der Waals surface area contributed by atoms with Gasteiger partial charge < -0.3 is 10.1 Å². The largest absolute Gasteiger partial charge is 0.443 e. The van der Waals surface area contributed by atoms with Crippen LogP contribution in [0.3, 0.4) is 0 Å². The quantitative estimate of drug-likeness (QED) is 0.800. The summed E-state index contributed by atoms with van der Waals surface area (Å²) in [7, 11) is 0. The van der Waals surface area contributed by atoms with Crippen molar-refractivity contribution in [3.63, 3.8) is 0 Å². The molecule has 0 aromatic heterocycles. The Hall–Kier alpha value is -1.62. The second-order valence-corrected chi connectivity index (χ2v) is 7.26. The highest BCUT2D eigenvalue weighted by Gasteiger charge is 2.46. The number of piperidine rings is 1. The molecule has 0 saturated carbocycles. The van der Waals surface area contributed by atoms with Gasteiger partial charge >= 0.3 is 6.09 Å². The van der Waals surface area contributed by atoms with E-state index in [1.54, 1.807) is 17.0 Å². The molecule has 4 nitrogen and oxygen atoms in total. The number of nitrogens with zero attached hydrogens (tertiary/aromatic N) is 1. The molecule has 3 rings (SSSR count). The number of ether oxygens (including phenoxy) is 1.